The van der Waals surface area contributed by atoms with Crippen molar-refractivity contribution in [3.05, 3.63) is 76.3 Å². The number of aromatic hydroxyl groups is 1. The number of imidazole rings is 1. The van der Waals surface area contributed by atoms with E-state index in [1.807, 2.05) is 36.5 Å². The van der Waals surface area contributed by atoms with E-state index in [-0.39, 0.29) is 11.8 Å². The SMILES string of the molecule is CS(=O)(=O)N1Cc2cc(Br)ccc2N(Cc2c[nH]cn2)CC1Cc1ccc(O)cc1. The zero-order valence-corrected chi connectivity index (χ0v) is 18.9. The molecule has 1 aliphatic rings. The van der Waals surface area contributed by atoms with Gasteiger partial charge in [0.25, 0.3) is 0 Å². The number of nitrogens with one attached hydrogen (secondary N) is 1. The van der Waals surface area contributed by atoms with Crippen LogP contribution in [0.3, 0.4) is 0 Å². The van der Waals surface area contributed by atoms with Gasteiger partial charge in [0.1, 0.15) is 5.75 Å². The molecule has 4 rings (SSSR count). The molecule has 0 bridgehead atoms. The average Bonchev–Trinajstić information content (AvgIpc) is 3.14. The maximum atomic E-state index is 12.8. The fourth-order valence-corrected chi connectivity index (χ4v) is 5.38. The topological polar surface area (TPSA) is 89.5 Å². The third kappa shape index (κ3) is 4.69. The van der Waals surface area contributed by atoms with Crippen molar-refractivity contribution in [2.75, 3.05) is 17.7 Å². The normalized spacial score (nSPS) is 17.5. The van der Waals surface area contributed by atoms with Crippen molar-refractivity contribution in [2.24, 2.45) is 0 Å². The van der Waals surface area contributed by atoms with Crippen LogP contribution >= 0.6 is 15.9 Å². The zero-order chi connectivity index (χ0) is 21.3. The van der Waals surface area contributed by atoms with Gasteiger partial charge >= 0.3 is 0 Å². The number of phenolic OH excluding ortho intramolecular Hbond substituents is 1. The summed E-state index contributed by atoms with van der Waals surface area (Å²) < 4.78 is 28.0. The number of phenols is 1. The van der Waals surface area contributed by atoms with Crippen molar-refractivity contribution in [2.45, 2.75) is 25.6 Å². The number of nitrogens with zero attached hydrogens (tertiary/aromatic N) is 3. The van der Waals surface area contributed by atoms with Crippen molar-refractivity contribution >= 4 is 31.6 Å². The van der Waals surface area contributed by atoms with Crippen LogP contribution in [0.4, 0.5) is 5.69 Å². The Morgan fingerprint density at radius 2 is 2.00 bits per heavy atom. The van der Waals surface area contributed by atoms with Gasteiger partial charge in [0, 0.05) is 35.5 Å². The second-order valence-electron chi connectivity index (χ2n) is 7.55. The highest BCUT2D eigenvalue weighted by molar-refractivity contribution is 9.10. The number of benzene rings is 2. The minimum atomic E-state index is -3.45. The van der Waals surface area contributed by atoms with Gasteiger partial charge in [0.05, 0.1) is 24.8 Å². The van der Waals surface area contributed by atoms with Crippen LogP contribution in [0.25, 0.3) is 0 Å². The second kappa shape index (κ2) is 8.41. The lowest BCUT2D eigenvalue weighted by Gasteiger charge is -2.31. The first-order chi connectivity index (χ1) is 14.3. The Kier molecular flexibility index (Phi) is 5.86. The number of fused-ring (bicyclic) bond motifs is 1. The summed E-state index contributed by atoms with van der Waals surface area (Å²) in [6.45, 7) is 1.39. The van der Waals surface area contributed by atoms with Gasteiger partial charge in [-0.05, 0) is 47.9 Å². The summed E-state index contributed by atoms with van der Waals surface area (Å²) in [6.07, 6.45) is 5.30. The van der Waals surface area contributed by atoms with Crippen LogP contribution in [0.2, 0.25) is 0 Å². The van der Waals surface area contributed by atoms with E-state index in [1.165, 1.54) is 6.26 Å². The number of sulfonamides is 1. The minimum absolute atomic E-state index is 0.192. The van der Waals surface area contributed by atoms with Crippen molar-refractivity contribution in [3.63, 3.8) is 0 Å². The van der Waals surface area contributed by atoms with E-state index in [0.717, 1.165) is 27.0 Å². The van der Waals surface area contributed by atoms with E-state index in [4.69, 9.17) is 0 Å². The van der Waals surface area contributed by atoms with Crippen molar-refractivity contribution < 1.29 is 13.5 Å². The lowest BCUT2D eigenvalue weighted by atomic mass is 10.1. The molecule has 0 saturated heterocycles. The van der Waals surface area contributed by atoms with Crippen LogP contribution in [-0.2, 0) is 29.5 Å². The Morgan fingerprint density at radius 1 is 1.23 bits per heavy atom. The van der Waals surface area contributed by atoms with Crippen LogP contribution in [0, 0.1) is 0 Å². The van der Waals surface area contributed by atoms with Crippen LogP contribution in [0.15, 0.2) is 59.5 Å². The number of halogens is 1. The molecule has 1 aromatic heterocycles. The van der Waals surface area contributed by atoms with Gasteiger partial charge in [-0.15, -0.1) is 0 Å². The summed E-state index contributed by atoms with van der Waals surface area (Å²) in [5, 5.41) is 9.59. The maximum absolute atomic E-state index is 12.8. The Balaban J connectivity index is 1.74. The Morgan fingerprint density at radius 3 is 2.67 bits per heavy atom. The van der Waals surface area contributed by atoms with E-state index < -0.39 is 10.0 Å². The predicted octanol–water partition coefficient (Wildman–Crippen LogP) is 3.27. The highest BCUT2D eigenvalue weighted by Crippen LogP contribution is 2.33. The molecule has 1 unspecified atom stereocenters. The lowest BCUT2D eigenvalue weighted by molar-refractivity contribution is 0.320. The molecule has 30 heavy (non-hydrogen) atoms. The average molecular weight is 491 g/mol. The fourth-order valence-electron chi connectivity index (χ4n) is 3.91. The molecular formula is C21H23BrN4O3S. The zero-order valence-electron chi connectivity index (χ0n) is 16.5. The van der Waals surface area contributed by atoms with Gasteiger partial charge in [0.2, 0.25) is 10.0 Å². The van der Waals surface area contributed by atoms with Crippen LogP contribution < -0.4 is 4.90 Å². The Hall–Kier alpha value is -2.36. The molecule has 0 amide bonds. The largest absolute Gasteiger partial charge is 0.508 e. The first-order valence-corrected chi connectivity index (χ1v) is 12.2. The van der Waals surface area contributed by atoms with E-state index in [0.29, 0.717) is 26.1 Å². The number of rotatable bonds is 5. The molecule has 158 valence electrons. The Bertz CT molecular complexity index is 1120. The summed E-state index contributed by atoms with van der Waals surface area (Å²) in [4.78, 5) is 9.52. The summed E-state index contributed by atoms with van der Waals surface area (Å²) in [7, 11) is -3.45. The van der Waals surface area contributed by atoms with Gasteiger partial charge in [-0.1, -0.05) is 28.1 Å². The van der Waals surface area contributed by atoms with Gasteiger partial charge in [-0.3, -0.25) is 0 Å². The van der Waals surface area contributed by atoms with Crippen LogP contribution in [0.5, 0.6) is 5.75 Å². The number of hydrogen-bond acceptors (Lipinski definition) is 5. The van der Waals surface area contributed by atoms with Crippen LogP contribution in [0.1, 0.15) is 16.8 Å². The maximum Gasteiger partial charge on any atom is 0.211 e. The van der Waals surface area contributed by atoms with Crippen molar-refractivity contribution in [3.8, 4) is 5.75 Å². The summed E-state index contributed by atoms with van der Waals surface area (Å²) in [6, 6.07) is 12.6. The molecule has 0 fully saturated rings. The highest BCUT2D eigenvalue weighted by Gasteiger charge is 2.33. The molecule has 3 aromatic rings. The van der Waals surface area contributed by atoms with Gasteiger partial charge in [0.15, 0.2) is 0 Å². The van der Waals surface area contributed by atoms with Crippen molar-refractivity contribution in [1.29, 1.82) is 0 Å². The number of aromatic amines is 1. The lowest BCUT2D eigenvalue weighted by Crippen LogP contribution is -2.45. The van der Waals surface area contributed by atoms with E-state index in [9.17, 15) is 13.5 Å². The monoisotopic (exact) mass is 490 g/mol. The molecule has 2 aromatic carbocycles. The second-order valence-corrected chi connectivity index (χ2v) is 10.4. The molecular weight excluding hydrogens is 468 g/mol. The predicted molar refractivity (Wildman–Crippen MR) is 120 cm³/mol. The standard InChI is InChI=1S/C21H23BrN4O3S/c1-30(28,29)26-11-16-9-17(22)4-7-21(16)25(12-18-10-23-14-24-18)13-19(26)8-15-2-5-20(27)6-3-15/h2-7,9-10,14,19,27H,8,11-13H2,1H3,(H,23,24). The summed E-state index contributed by atoms with van der Waals surface area (Å²) >= 11 is 3.52. The molecule has 2 heterocycles. The quantitative estimate of drug-likeness (QED) is 0.572. The minimum Gasteiger partial charge on any atom is -0.508 e. The molecule has 0 radical (unpaired) electrons. The number of anilines is 1. The van der Waals surface area contributed by atoms with E-state index >= 15 is 0 Å². The number of aromatic nitrogens is 2. The fraction of sp³-hybridized carbons (Fsp3) is 0.286. The molecule has 0 spiro atoms. The van der Waals surface area contributed by atoms with E-state index in [1.54, 1.807) is 22.8 Å². The molecule has 1 atom stereocenters. The van der Waals surface area contributed by atoms with Gasteiger partial charge in [-0.25, -0.2) is 13.4 Å². The molecule has 0 aliphatic carbocycles. The molecule has 9 heteroatoms. The number of hydrogen-bond donors (Lipinski definition) is 2. The molecule has 1 aliphatic heterocycles. The first kappa shape index (κ1) is 20.9. The first-order valence-electron chi connectivity index (χ1n) is 9.55. The Labute approximate surface area is 184 Å². The van der Waals surface area contributed by atoms with Gasteiger partial charge < -0.3 is 15.0 Å². The smallest absolute Gasteiger partial charge is 0.211 e. The summed E-state index contributed by atoms with van der Waals surface area (Å²) in [5.74, 6) is 0.192. The molecule has 2 N–H and O–H groups in total. The molecule has 7 nitrogen and oxygen atoms in total. The highest BCUT2D eigenvalue weighted by atomic mass is 79.9. The third-order valence-electron chi connectivity index (χ3n) is 5.29. The number of H-pyrrole nitrogens is 1. The van der Waals surface area contributed by atoms with Gasteiger partial charge in [-0.2, -0.15) is 4.31 Å². The molecule has 0 saturated carbocycles. The van der Waals surface area contributed by atoms with Crippen LogP contribution in [-0.4, -0.2) is 46.6 Å². The van der Waals surface area contributed by atoms with E-state index in [2.05, 4.69) is 30.8 Å². The summed E-state index contributed by atoms with van der Waals surface area (Å²) in [5.41, 5.74) is 3.81. The van der Waals surface area contributed by atoms with Crippen molar-refractivity contribution in [1.82, 2.24) is 14.3 Å². The third-order valence-corrected chi connectivity index (χ3v) is 7.06.